The first kappa shape index (κ1) is 28.1. The van der Waals surface area contributed by atoms with E-state index in [1.54, 1.807) is 0 Å². The van der Waals surface area contributed by atoms with E-state index in [2.05, 4.69) is 95.4 Å². The Hall–Kier alpha value is -0.860. The Labute approximate surface area is 185 Å². The van der Waals surface area contributed by atoms with Gasteiger partial charge in [0, 0.05) is 0 Å². The Morgan fingerprint density at radius 1 is 0.552 bits per heavy atom. The van der Waals surface area contributed by atoms with Crippen molar-refractivity contribution in [3.8, 4) is 0 Å². The number of benzene rings is 2. The first-order chi connectivity index (χ1) is 12.1. The maximum atomic E-state index is 9.87. The Kier molecular flexibility index (Phi) is 8.10. The van der Waals surface area contributed by atoms with Crippen LogP contribution in [0.1, 0.15) is 52.7 Å². The van der Waals surface area contributed by atoms with Gasteiger partial charge in [0.2, 0.25) is 0 Å². The number of halogens is 7. The molecule has 0 unspecified atom stereocenters. The minimum Gasteiger partial charge on any atom is -1.00 e. The van der Waals surface area contributed by atoms with E-state index >= 15 is 0 Å². The van der Waals surface area contributed by atoms with Crippen molar-refractivity contribution >= 4 is 19.2 Å². The third-order valence-electron chi connectivity index (χ3n) is 3.89. The van der Waals surface area contributed by atoms with Crippen LogP contribution in [0.4, 0.5) is 36.6 Å². The summed E-state index contributed by atoms with van der Waals surface area (Å²) in [6.45, 7) is 13.5. The molecule has 1 nitrogen and oxygen atoms in total. The summed E-state index contributed by atoms with van der Waals surface area (Å²) in [5.74, 6) is 0. The van der Waals surface area contributed by atoms with Crippen molar-refractivity contribution in [2.24, 2.45) is 0 Å². The van der Waals surface area contributed by atoms with Gasteiger partial charge in [-0.25, -0.2) is 0 Å². The topological polar surface area (TPSA) is 16.6 Å². The number of hydrogen-bond donors (Lipinski definition) is 1. The summed E-state index contributed by atoms with van der Waals surface area (Å²) >= 11 is 0. The molecule has 2 aromatic rings. The summed E-state index contributed by atoms with van der Waals surface area (Å²) in [6, 6.07) is 17.8. The van der Waals surface area contributed by atoms with Gasteiger partial charge in [-0.1, -0.05) is 65.8 Å². The fourth-order valence-electron chi connectivity index (χ4n) is 2.35. The molecular formula is C20H28F6INP-. The van der Waals surface area contributed by atoms with Crippen LogP contribution in [0.5, 0.6) is 0 Å². The molecule has 2 aromatic carbocycles. The predicted molar refractivity (Wildman–Crippen MR) is 105 cm³/mol. The Morgan fingerprint density at radius 3 is 0.931 bits per heavy atom. The molecule has 2 rings (SSSR count). The van der Waals surface area contributed by atoms with Crippen LogP contribution >= 0.6 is 7.81 Å². The van der Waals surface area contributed by atoms with E-state index in [-0.39, 0.29) is 34.8 Å². The van der Waals surface area contributed by atoms with Crippen LogP contribution in [0.2, 0.25) is 0 Å². The molecular weight excluding hydrogens is 526 g/mol. The van der Waals surface area contributed by atoms with Crippen LogP contribution in [-0.2, 0) is 10.8 Å². The summed E-state index contributed by atoms with van der Waals surface area (Å²) in [6.07, 6.45) is 0. The van der Waals surface area contributed by atoms with Gasteiger partial charge in [0.1, 0.15) is 11.4 Å². The van der Waals surface area contributed by atoms with Gasteiger partial charge >= 0.3 is 33.0 Å². The molecule has 168 valence electrons. The second kappa shape index (κ2) is 8.35. The Morgan fingerprint density at radius 2 is 0.759 bits per heavy atom. The molecule has 2 N–H and O–H groups in total. The molecule has 0 bridgehead atoms. The van der Waals surface area contributed by atoms with Crippen LogP contribution in [0.15, 0.2) is 48.5 Å². The summed E-state index contributed by atoms with van der Waals surface area (Å²) in [7, 11) is -10.7. The number of rotatable bonds is 2. The molecule has 0 aliphatic rings. The van der Waals surface area contributed by atoms with E-state index in [1.165, 1.54) is 22.5 Å². The van der Waals surface area contributed by atoms with Crippen molar-refractivity contribution in [2.45, 2.75) is 52.4 Å². The van der Waals surface area contributed by atoms with Gasteiger partial charge in [0.05, 0.1) is 0 Å². The van der Waals surface area contributed by atoms with Crippen molar-refractivity contribution in [3.63, 3.8) is 0 Å². The van der Waals surface area contributed by atoms with Crippen molar-refractivity contribution in [2.75, 3.05) is 0 Å². The van der Waals surface area contributed by atoms with E-state index in [9.17, 15) is 25.2 Å². The number of nitrogens with two attached hydrogens (primary N) is 1. The zero-order valence-electron chi connectivity index (χ0n) is 17.3. The zero-order valence-corrected chi connectivity index (χ0v) is 20.3. The summed E-state index contributed by atoms with van der Waals surface area (Å²) in [4.78, 5) is 0. The minimum atomic E-state index is -10.7. The number of quaternary nitrogens is 1. The molecule has 0 fully saturated rings. The van der Waals surface area contributed by atoms with Gasteiger partial charge in [-0.3, -0.25) is 5.32 Å². The summed E-state index contributed by atoms with van der Waals surface area (Å²) in [5.41, 5.74) is 5.70. The average molecular weight is 554 g/mol. The second-order valence-electron chi connectivity index (χ2n) is 8.85. The normalized spacial score (nSPS) is 14.6. The first-order valence-electron chi connectivity index (χ1n) is 8.73. The quantitative estimate of drug-likeness (QED) is 0.228. The third-order valence-corrected chi connectivity index (χ3v) is 3.89. The van der Waals surface area contributed by atoms with Crippen LogP contribution < -0.4 is 29.3 Å². The fraction of sp³-hybridized carbons (Fsp3) is 0.400. The number of hydrogen-bond acceptors (Lipinski definition) is 0. The van der Waals surface area contributed by atoms with Crippen LogP contribution in [0, 0.1) is 0 Å². The standard InChI is InChI=1S/C20H27N.F6P.HI/c1-19(2,3)15-7-11-17(12-8-15)21-18-13-9-16(10-14-18)20(4,5)6;1-7(2,3,4,5)6;/h7-14,21H,1-6H3;;1H/q;-1;. The molecule has 9 heteroatoms. The average Bonchev–Trinajstić information content (AvgIpc) is 2.43. The van der Waals surface area contributed by atoms with Crippen LogP contribution in [0.3, 0.4) is 0 Å². The van der Waals surface area contributed by atoms with E-state index < -0.39 is 7.81 Å². The van der Waals surface area contributed by atoms with Gasteiger partial charge in [-0.2, -0.15) is 0 Å². The van der Waals surface area contributed by atoms with Crippen LogP contribution in [-0.4, -0.2) is 0 Å². The van der Waals surface area contributed by atoms with Gasteiger partial charge in [-0.15, -0.1) is 0 Å². The molecule has 0 heterocycles. The van der Waals surface area contributed by atoms with E-state index in [0.29, 0.717) is 0 Å². The van der Waals surface area contributed by atoms with E-state index in [1.807, 2.05) is 0 Å². The van der Waals surface area contributed by atoms with Crippen molar-refractivity contribution in [1.82, 2.24) is 0 Å². The maximum absolute atomic E-state index is 10.7. The second-order valence-corrected chi connectivity index (χ2v) is 10.8. The smallest absolute Gasteiger partial charge is 1.00 e. The maximum Gasteiger partial charge on any atom is -1.00 e. The summed E-state index contributed by atoms with van der Waals surface area (Å²) in [5, 5.41) is 2.24. The fourth-order valence-corrected chi connectivity index (χ4v) is 2.35. The van der Waals surface area contributed by atoms with Crippen molar-refractivity contribution in [3.05, 3.63) is 59.7 Å². The molecule has 0 aliphatic carbocycles. The largest absolute Gasteiger partial charge is 1.00 e. The molecule has 0 spiro atoms. The molecule has 29 heavy (non-hydrogen) atoms. The molecule has 0 radical (unpaired) electrons. The van der Waals surface area contributed by atoms with E-state index in [4.69, 9.17) is 0 Å². The predicted octanol–water partition coefficient (Wildman–Crippen LogP) is 5.19. The Bertz CT molecular complexity index is 720. The zero-order chi connectivity index (χ0) is 22.1. The first-order valence-corrected chi connectivity index (χ1v) is 10.8. The van der Waals surface area contributed by atoms with Gasteiger partial charge in [0.15, 0.2) is 0 Å². The molecule has 0 atom stereocenters. The van der Waals surface area contributed by atoms with Gasteiger partial charge in [-0.05, 0) is 46.2 Å². The van der Waals surface area contributed by atoms with Crippen LogP contribution in [0.25, 0.3) is 0 Å². The molecule has 0 aliphatic heterocycles. The minimum absolute atomic E-state index is 0. The van der Waals surface area contributed by atoms with Gasteiger partial charge in [0.25, 0.3) is 0 Å². The van der Waals surface area contributed by atoms with Crippen molar-refractivity contribution in [1.29, 1.82) is 0 Å². The summed E-state index contributed by atoms with van der Waals surface area (Å²) < 4.78 is 59.2. The van der Waals surface area contributed by atoms with E-state index in [0.717, 1.165) is 0 Å². The Balaban J connectivity index is 0.000000846. The van der Waals surface area contributed by atoms with Gasteiger partial charge < -0.3 is 24.0 Å². The monoisotopic (exact) mass is 554 g/mol. The SMILES string of the molecule is CC(C)(C)c1ccc([NH2+]c2ccc(C(C)(C)C)cc2)cc1.F[P-](F)(F)(F)(F)F.[I-]. The molecule has 0 amide bonds. The molecule has 0 saturated carbocycles. The molecule has 0 aromatic heterocycles. The van der Waals surface area contributed by atoms with Crippen molar-refractivity contribution < 1.29 is 54.5 Å². The molecule has 0 saturated heterocycles. The third kappa shape index (κ3) is 13.9.